The minimum atomic E-state index is -1.17. The average Bonchev–Trinajstić information content (AvgIpc) is 3.78. The van der Waals surface area contributed by atoms with Crippen LogP contribution in [0.2, 0.25) is 0 Å². The van der Waals surface area contributed by atoms with Gasteiger partial charge < -0.3 is 14.9 Å². The van der Waals surface area contributed by atoms with Crippen LogP contribution < -0.4 is 15.4 Å². The van der Waals surface area contributed by atoms with Gasteiger partial charge in [-0.15, -0.1) is 0 Å². The third-order valence-electron chi connectivity index (χ3n) is 15.7. The molecule has 0 atom stereocenters. The standard InChI is InChI=1S/C68H80N4O3/c1-5-7-9-11-13-16-23-50-31-37-58(38-32-50)70-43-21-26-55-46-53(35-41-62(55)70)61(54-36-42-63-56(47-54)27-22-44-71(63)59-39-33-51(34-40-59)24-17-14-12-10-8-6-2)30-20-25-52-45-57(49-68(3,4)48-52)64-65(67(74)75)69-72(66(64)73)60-28-18-15-19-29-60/h15,18-20,25,28-42,45-47,49,69H,5-14,16-17,21-24,26-27,43-44,48H2,1-4H3,(H,74,75)/b25-20+. The van der Waals surface area contributed by atoms with Crippen molar-refractivity contribution in [2.45, 2.75) is 150 Å². The number of hydrogen-bond donors (Lipinski definition) is 2. The van der Waals surface area contributed by atoms with Crippen molar-refractivity contribution in [2.75, 3.05) is 22.9 Å². The molecular weight excluding hydrogens is 921 g/mol. The summed E-state index contributed by atoms with van der Waals surface area (Å²) in [6.45, 7) is 10.8. The molecule has 1 aromatic heterocycles. The van der Waals surface area contributed by atoms with Gasteiger partial charge in [-0.2, -0.15) is 0 Å². The molecular formula is C68H80N4O3. The number of fused-ring (bicyclic) bond motifs is 2. The van der Waals surface area contributed by atoms with E-state index in [1.807, 2.05) is 30.4 Å². The van der Waals surface area contributed by atoms with Crippen LogP contribution in [0.25, 0.3) is 16.8 Å². The van der Waals surface area contributed by atoms with Crippen LogP contribution in [0.4, 0.5) is 22.7 Å². The molecule has 9 rings (SSSR count). The van der Waals surface area contributed by atoms with Gasteiger partial charge in [-0.25, -0.2) is 9.48 Å². The lowest BCUT2D eigenvalue weighted by molar-refractivity contribution is 0.0689. The molecule has 3 aliphatic rings. The number of nitrogens with zero attached hydrogens (tertiary/aromatic N) is 3. The summed E-state index contributed by atoms with van der Waals surface area (Å²) in [4.78, 5) is 31.7. The van der Waals surface area contributed by atoms with Crippen LogP contribution in [-0.4, -0.2) is 33.9 Å². The average molecular weight is 1000 g/mol. The maximum Gasteiger partial charge on any atom is 0.354 e. The molecule has 0 radical (unpaired) electrons. The number of para-hydroxylation sites is 1. The van der Waals surface area contributed by atoms with Crippen molar-refractivity contribution in [3.63, 3.8) is 0 Å². The van der Waals surface area contributed by atoms with E-state index < -0.39 is 5.97 Å². The highest BCUT2D eigenvalue weighted by Crippen LogP contribution is 2.41. The van der Waals surface area contributed by atoms with E-state index in [9.17, 15) is 14.7 Å². The Morgan fingerprint density at radius 2 is 1.16 bits per heavy atom. The number of allylic oxidation sites excluding steroid dienone is 7. The van der Waals surface area contributed by atoms with Gasteiger partial charge in [0.15, 0.2) is 5.69 Å². The van der Waals surface area contributed by atoms with Gasteiger partial charge in [-0.1, -0.05) is 177 Å². The van der Waals surface area contributed by atoms with Gasteiger partial charge in [-0.05, 0) is 174 Å². The van der Waals surface area contributed by atoms with Crippen LogP contribution in [0.5, 0.6) is 0 Å². The number of aromatic carboxylic acids is 1. The fraction of sp³-hybridized carbons (Fsp3) is 0.382. The Labute approximate surface area is 447 Å². The predicted molar refractivity (Wildman–Crippen MR) is 315 cm³/mol. The van der Waals surface area contributed by atoms with Crippen molar-refractivity contribution < 1.29 is 9.90 Å². The first-order chi connectivity index (χ1) is 36.6. The lowest BCUT2D eigenvalue weighted by Gasteiger charge is -2.33. The number of nitrogens with one attached hydrogen (secondary N) is 1. The lowest BCUT2D eigenvalue weighted by atomic mass is 9.78. The summed E-state index contributed by atoms with van der Waals surface area (Å²) in [7, 11) is 0. The largest absolute Gasteiger partial charge is 0.477 e. The first kappa shape index (κ1) is 53.0. The van der Waals surface area contributed by atoms with Crippen molar-refractivity contribution >= 4 is 39.9 Å². The molecule has 6 aromatic rings. The van der Waals surface area contributed by atoms with E-state index in [1.165, 1.54) is 138 Å². The molecule has 7 heteroatoms. The number of H-pyrrole nitrogens is 1. The Hall–Kier alpha value is -6.86. The summed E-state index contributed by atoms with van der Waals surface area (Å²) < 4.78 is 1.33. The monoisotopic (exact) mass is 1000 g/mol. The van der Waals surface area contributed by atoms with Gasteiger partial charge >= 0.3 is 5.97 Å². The zero-order valence-electron chi connectivity index (χ0n) is 45.3. The normalized spacial score (nSPS) is 15.1. The summed E-state index contributed by atoms with van der Waals surface area (Å²) in [6, 6.07) is 41.9. The molecule has 0 amide bonds. The highest BCUT2D eigenvalue weighted by atomic mass is 16.4. The van der Waals surface area contributed by atoms with Crippen LogP contribution >= 0.6 is 0 Å². The highest BCUT2D eigenvalue weighted by molar-refractivity contribution is 5.94. The quantitative estimate of drug-likeness (QED) is 0.0494. The molecule has 0 saturated heterocycles. The summed E-state index contributed by atoms with van der Waals surface area (Å²) in [6.07, 6.45) is 33.6. The molecule has 2 N–H and O–H groups in total. The molecule has 1 aliphatic carbocycles. The van der Waals surface area contributed by atoms with Gasteiger partial charge in [0, 0.05) is 35.8 Å². The van der Waals surface area contributed by atoms with Crippen LogP contribution in [0.15, 0.2) is 156 Å². The van der Waals surface area contributed by atoms with Gasteiger partial charge in [0.1, 0.15) is 0 Å². The number of carboxylic acids is 1. The maximum absolute atomic E-state index is 14.1. The SMILES string of the molecule is CCCCCCCCc1ccc(N2CCCc3cc(C(=C/C=C/C4=CC(c5c(C(=O)O)[nH]n(-c6ccccc6)c5=O)=CC(C)(C)C4)c4ccc5c(c4)CCCN5c4ccc(CCCCCCCC)cc4)ccc32)cc1. The Morgan fingerprint density at radius 3 is 1.68 bits per heavy atom. The first-order valence-electron chi connectivity index (χ1n) is 28.5. The number of carbonyl (C=O) groups is 1. The highest BCUT2D eigenvalue weighted by Gasteiger charge is 2.29. The number of aryl methyl sites for hydroxylation is 4. The van der Waals surface area contributed by atoms with Gasteiger partial charge in [0.05, 0.1) is 11.3 Å². The molecule has 3 heterocycles. The van der Waals surface area contributed by atoms with Crippen molar-refractivity contribution in [3.05, 3.63) is 206 Å². The van der Waals surface area contributed by atoms with Gasteiger partial charge in [-0.3, -0.25) is 9.89 Å². The Bertz CT molecular complexity index is 2950. The molecule has 390 valence electrons. The molecule has 2 aliphatic heterocycles. The fourth-order valence-corrected chi connectivity index (χ4v) is 11.8. The Morgan fingerprint density at radius 1 is 0.640 bits per heavy atom. The number of aromatic amines is 1. The number of carboxylic acid groups (broad SMARTS) is 1. The molecule has 0 unspecified atom stereocenters. The number of rotatable bonds is 23. The summed E-state index contributed by atoms with van der Waals surface area (Å²) >= 11 is 0. The number of aromatic nitrogens is 2. The van der Waals surface area contributed by atoms with Crippen molar-refractivity contribution in [1.29, 1.82) is 0 Å². The molecule has 0 fully saturated rings. The zero-order valence-corrected chi connectivity index (χ0v) is 45.3. The second-order valence-electron chi connectivity index (χ2n) is 22.1. The smallest absolute Gasteiger partial charge is 0.354 e. The van der Waals surface area contributed by atoms with Crippen LogP contribution in [0, 0.1) is 5.41 Å². The zero-order chi connectivity index (χ0) is 52.2. The van der Waals surface area contributed by atoms with E-state index in [0.717, 1.165) is 69.2 Å². The molecule has 0 bridgehead atoms. The number of hydrogen-bond acceptors (Lipinski definition) is 4. The summed E-state index contributed by atoms with van der Waals surface area (Å²) in [5.74, 6) is -1.17. The number of unbranched alkanes of at least 4 members (excludes halogenated alkanes) is 10. The lowest BCUT2D eigenvalue weighted by Crippen LogP contribution is -2.24. The van der Waals surface area contributed by atoms with Crippen molar-refractivity contribution in [3.8, 4) is 5.69 Å². The van der Waals surface area contributed by atoms with Gasteiger partial charge in [0.2, 0.25) is 0 Å². The van der Waals surface area contributed by atoms with E-state index >= 15 is 0 Å². The fourth-order valence-electron chi connectivity index (χ4n) is 11.8. The van der Waals surface area contributed by atoms with Crippen LogP contribution in [0.3, 0.4) is 0 Å². The van der Waals surface area contributed by atoms with E-state index in [-0.39, 0.29) is 22.2 Å². The summed E-state index contributed by atoms with van der Waals surface area (Å²) in [5, 5.41) is 13.3. The first-order valence-corrected chi connectivity index (χ1v) is 28.5. The third-order valence-corrected chi connectivity index (χ3v) is 15.7. The van der Waals surface area contributed by atoms with Gasteiger partial charge in [0.25, 0.3) is 5.56 Å². The molecule has 0 spiro atoms. The van der Waals surface area contributed by atoms with E-state index in [1.54, 1.807) is 12.1 Å². The minimum absolute atomic E-state index is 0.118. The summed E-state index contributed by atoms with van der Waals surface area (Å²) in [5.41, 5.74) is 15.7. The van der Waals surface area contributed by atoms with Crippen molar-refractivity contribution in [2.24, 2.45) is 5.41 Å². The van der Waals surface area contributed by atoms with E-state index in [0.29, 0.717) is 11.3 Å². The van der Waals surface area contributed by atoms with Crippen LogP contribution in [-0.2, 0) is 25.7 Å². The molecule has 75 heavy (non-hydrogen) atoms. The maximum atomic E-state index is 14.1. The second kappa shape index (κ2) is 25.1. The van der Waals surface area contributed by atoms with E-state index in [2.05, 4.69) is 146 Å². The minimum Gasteiger partial charge on any atom is -0.477 e. The predicted octanol–water partition coefficient (Wildman–Crippen LogP) is 17.3. The molecule has 7 nitrogen and oxygen atoms in total. The van der Waals surface area contributed by atoms with Crippen molar-refractivity contribution in [1.82, 2.24) is 9.78 Å². The van der Waals surface area contributed by atoms with E-state index in [4.69, 9.17) is 0 Å². The number of anilines is 4. The Kier molecular flexibility index (Phi) is 17.7. The second-order valence-corrected chi connectivity index (χ2v) is 22.1. The topological polar surface area (TPSA) is 81.6 Å². The third kappa shape index (κ3) is 13.2. The molecule has 0 saturated carbocycles. The molecule has 5 aromatic carbocycles. The number of benzene rings is 5. The Balaban J connectivity index is 1.02. The van der Waals surface area contributed by atoms with Crippen LogP contribution in [0.1, 0.15) is 173 Å².